The lowest BCUT2D eigenvalue weighted by Crippen LogP contribution is -2.67. The van der Waals surface area contributed by atoms with Crippen LogP contribution in [0.25, 0.3) is 0 Å². The maximum atomic E-state index is 12.9. The standard InChI is InChI=1S/C27H32N2O4/c1-3-15-29-16-14-26(22-10-7-11-24(17-22)33-20(2)30)18-23(12-13-27(26,32)19-29)28-25(31)21-8-5-4-6-9-21/h3-11,17,23,32H,1,12-16,18-19H2,2H3,(H,28,31). The van der Waals surface area contributed by atoms with Gasteiger partial charge < -0.3 is 15.2 Å². The number of ether oxygens (including phenoxy) is 1. The SMILES string of the molecule is C=CCN1CCC2(c3cccc(OC(C)=O)c3)CC(NC(=O)c3ccccc3)CCC2(O)C1. The highest BCUT2D eigenvalue weighted by molar-refractivity contribution is 5.94. The third-order valence-corrected chi connectivity index (χ3v) is 7.14. The number of β-amino-alcohol motifs (C(OH)–C–C–N with tert-alkyl or cyclic N) is 1. The molecule has 0 spiro atoms. The zero-order chi connectivity index (χ0) is 23.5. The first kappa shape index (κ1) is 23.2. The monoisotopic (exact) mass is 448 g/mol. The molecule has 6 heteroatoms. The number of piperidine rings is 1. The largest absolute Gasteiger partial charge is 0.427 e. The van der Waals surface area contributed by atoms with Gasteiger partial charge in [0.2, 0.25) is 0 Å². The van der Waals surface area contributed by atoms with Crippen LogP contribution < -0.4 is 10.1 Å². The third kappa shape index (κ3) is 4.72. The van der Waals surface area contributed by atoms with Crippen LogP contribution in [0.3, 0.4) is 0 Å². The second-order valence-electron chi connectivity index (χ2n) is 9.29. The molecule has 1 aliphatic carbocycles. The summed E-state index contributed by atoms with van der Waals surface area (Å²) in [5, 5.41) is 15.2. The zero-order valence-corrected chi connectivity index (χ0v) is 19.1. The Bertz CT molecular complexity index is 1020. The second-order valence-corrected chi connectivity index (χ2v) is 9.29. The second kappa shape index (κ2) is 9.49. The minimum atomic E-state index is -0.961. The maximum absolute atomic E-state index is 12.9. The van der Waals surface area contributed by atoms with E-state index in [2.05, 4.69) is 16.8 Å². The van der Waals surface area contributed by atoms with E-state index in [1.807, 2.05) is 42.5 Å². The first-order chi connectivity index (χ1) is 15.8. The van der Waals surface area contributed by atoms with Crippen LogP contribution in [-0.4, -0.2) is 53.2 Å². The number of hydrogen-bond acceptors (Lipinski definition) is 5. The van der Waals surface area contributed by atoms with Gasteiger partial charge in [-0.05, 0) is 62.1 Å². The summed E-state index contributed by atoms with van der Waals surface area (Å²) in [4.78, 5) is 26.6. The van der Waals surface area contributed by atoms with Gasteiger partial charge >= 0.3 is 5.97 Å². The number of nitrogens with zero attached hydrogens (tertiary/aromatic N) is 1. The average molecular weight is 449 g/mol. The predicted octanol–water partition coefficient (Wildman–Crippen LogP) is 3.46. The summed E-state index contributed by atoms with van der Waals surface area (Å²) in [7, 11) is 0. The molecule has 33 heavy (non-hydrogen) atoms. The molecule has 2 N–H and O–H groups in total. The molecule has 2 aromatic rings. The summed E-state index contributed by atoms with van der Waals surface area (Å²) < 4.78 is 5.35. The van der Waals surface area contributed by atoms with Crippen molar-refractivity contribution in [2.75, 3.05) is 19.6 Å². The predicted molar refractivity (Wildman–Crippen MR) is 127 cm³/mol. The number of esters is 1. The Hall–Kier alpha value is -2.96. The van der Waals surface area contributed by atoms with Gasteiger partial charge in [-0.3, -0.25) is 14.5 Å². The van der Waals surface area contributed by atoms with Gasteiger partial charge in [-0.25, -0.2) is 0 Å². The number of amides is 1. The normalized spacial score (nSPS) is 27.3. The summed E-state index contributed by atoms with van der Waals surface area (Å²) in [6, 6.07) is 16.6. The molecule has 0 aromatic heterocycles. The van der Waals surface area contributed by atoms with Crippen molar-refractivity contribution < 1.29 is 19.4 Å². The lowest BCUT2D eigenvalue weighted by atomic mass is 9.55. The minimum absolute atomic E-state index is 0.0682. The van der Waals surface area contributed by atoms with Crippen molar-refractivity contribution in [3.63, 3.8) is 0 Å². The zero-order valence-electron chi connectivity index (χ0n) is 19.1. The Labute approximate surface area is 195 Å². The Kier molecular flexibility index (Phi) is 6.68. The molecule has 1 amide bonds. The maximum Gasteiger partial charge on any atom is 0.308 e. The van der Waals surface area contributed by atoms with Crippen LogP contribution in [0, 0.1) is 0 Å². The van der Waals surface area contributed by atoms with Crippen LogP contribution in [0.2, 0.25) is 0 Å². The first-order valence-electron chi connectivity index (χ1n) is 11.6. The van der Waals surface area contributed by atoms with E-state index in [9.17, 15) is 14.7 Å². The molecule has 2 aliphatic rings. The van der Waals surface area contributed by atoms with Gasteiger partial charge in [-0.2, -0.15) is 0 Å². The molecular formula is C27H32N2O4. The van der Waals surface area contributed by atoms with Gasteiger partial charge in [0.25, 0.3) is 5.91 Å². The van der Waals surface area contributed by atoms with E-state index in [1.54, 1.807) is 18.2 Å². The molecule has 0 radical (unpaired) electrons. The number of fused-ring (bicyclic) bond motifs is 1. The van der Waals surface area contributed by atoms with Crippen molar-refractivity contribution in [2.24, 2.45) is 0 Å². The van der Waals surface area contributed by atoms with Crippen LogP contribution in [0.5, 0.6) is 5.75 Å². The van der Waals surface area contributed by atoms with Gasteiger partial charge in [0.15, 0.2) is 0 Å². The Balaban J connectivity index is 1.66. The summed E-state index contributed by atoms with van der Waals surface area (Å²) in [6.07, 6.45) is 4.48. The summed E-state index contributed by atoms with van der Waals surface area (Å²) in [6.45, 7) is 7.30. The highest BCUT2D eigenvalue weighted by Gasteiger charge is 2.57. The van der Waals surface area contributed by atoms with E-state index in [4.69, 9.17) is 4.74 Å². The van der Waals surface area contributed by atoms with Gasteiger partial charge in [-0.1, -0.05) is 36.4 Å². The van der Waals surface area contributed by atoms with Crippen molar-refractivity contribution in [3.8, 4) is 5.75 Å². The molecule has 6 nitrogen and oxygen atoms in total. The molecule has 1 aliphatic heterocycles. The molecule has 1 saturated carbocycles. The van der Waals surface area contributed by atoms with Crippen molar-refractivity contribution >= 4 is 11.9 Å². The molecule has 2 aromatic carbocycles. The molecule has 3 atom stereocenters. The molecular weight excluding hydrogens is 416 g/mol. The van der Waals surface area contributed by atoms with Crippen molar-refractivity contribution in [2.45, 2.75) is 49.7 Å². The molecule has 2 fully saturated rings. The quantitative estimate of drug-likeness (QED) is 0.402. The van der Waals surface area contributed by atoms with E-state index in [0.717, 1.165) is 25.1 Å². The number of aliphatic hydroxyl groups is 1. The number of nitrogens with one attached hydrogen (secondary N) is 1. The van der Waals surface area contributed by atoms with Gasteiger partial charge in [0, 0.05) is 37.0 Å². The minimum Gasteiger partial charge on any atom is -0.427 e. The lowest BCUT2D eigenvalue weighted by Gasteiger charge is -2.58. The molecule has 1 heterocycles. The number of likely N-dealkylation sites (tertiary alicyclic amines) is 1. The number of carbonyl (C=O) groups is 2. The summed E-state index contributed by atoms with van der Waals surface area (Å²) in [5.41, 5.74) is 0.0517. The molecule has 0 bridgehead atoms. The van der Waals surface area contributed by atoms with Crippen molar-refractivity contribution in [1.82, 2.24) is 10.2 Å². The van der Waals surface area contributed by atoms with Crippen LogP contribution in [0.4, 0.5) is 0 Å². The Morgan fingerprint density at radius 1 is 1.21 bits per heavy atom. The fourth-order valence-corrected chi connectivity index (χ4v) is 5.60. The third-order valence-electron chi connectivity index (χ3n) is 7.14. The van der Waals surface area contributed by atoms with E-state index in [1.165, 1.54) is 6.92 Å². The smallest absolute Gasteiger partial charge is 0.308 e. The van der Waals surface area contributed by atoms with E-state index in [-0.39, 0.29) is 17.9 Å². The molecule has 3 unspecified atom stereocenters. The lowest BCUT2D eigenvalue weighted by molar-refractivity contribution is -0.131. The summed E-state index contributed by atoms with van der Waals surface area (Å²) in [5.74, 6) is -0.00278. The Morgan fingerprint density at radius 2 is 2.00 bits per heavy atom. The van der Waals surface area contributed by atoms with E-state index >= 15 is 0 Å². The van der Waals surface area contributed by atoms with Crippen LogP contribution in [0.15, 0.2) is 67.3 Å². The van der Waals surface area contributed by atoms with Crippen molar-refractivity contribution in [3.05, 3.63) is 78.4 Å². The van der Waals surface area contributed by atoms with Gasteiger partial charge in [0.05, 0.1) is 5.60 Å². The molecule has 4 rings (SSSR count). The highest BCUT2D eigenvalue weighted by Crippen LogP contribution is 2.52. The number of carbonyl (C=O) groups excluding carboxylic acids is 2. The van der Waals surface area contributed by atoms with Crippen molar-refractivity contribution in [1.29, 1.82) is 0 Å². The van der Waals surface area contributed by atoms with Crippen LogP contribution in [0.1, 0.15) is 48.5 Å². The number of hydrogen-bond donors (Lipinski definition) is 2. The number of benzene rings is 2. The molecule has 1 saturated heterocycles. The van der Waals surface area contributed by atoms with E-state index in [0.29, 0.717) is 37.1 Å². The topological polar surface area (TPSA) is 78.9 Å². The van der Waals surface area contributed by atoms with Gasteiger partial charge in [-0.15, -0.1) is 6.58 Å². The molecule has 174 valence electrons. The highest BCUT2D eigenvalue weighted by atomic mass is 16.5. The first-order valence-corrected chi connectivity index (χ1v) is 11.6. The van der Waals surface area contributed by atoms with Crippen LogP contribution in [-0.2, 0) is 10.2 Å². The fraction of sp³-hybridized carbons (Fsp3) is 0.407. The average Bonchev–Trinajstić information content (AvgIpc) is 2.80. The number of rotatable bonds is 6. The van der Waals surface area contributed by atoms with Crippen LogP contribution >= 0.6 is 0 Å². The fourth-order valence-electron chi connectivity index (χ4n) is 5.60. The van der Waals surface area contributed by atoms with E-state index < -0.39 is 11.0 Å². The Morgan fingerprint density at radius 3 is 2.73 bits per heavy atom. The van der Waals surface area contributed by atoms with Gasteiger partial charge in [0.1, 0.15) is 5.75 Å². The summed E-state index contributed by atoms with van der Waals surface area (Å²) >= 11 is 0.